The summed E-state index contributed by atoms with van der Waals surface area (Å²) in [6.07, 6.45) is 0. The number of sulfonamides is 1. The highest BCUT2D eigenvalue weighted by Gasteiger charge is 2.13. The first-order valence-corrected chi connectivity index (χ1v) is 10.9. The van der Waals surface area contributed by atoms with E-state index >= 15 is 0 Å². The fourth-order valence-electron chi connectivity index (χ4n) is 2.43. The zero-order valence-corrected chi connectivity index (χ0v) is 17.5. The van der Waals surface area contributed by atoms with Crippen LogP contribution in [0, 0.1) is 0 Å². The SMILES string of the molecule is CCN(CC)CCOc1ccc(CNS(=O)(=O)c2cccc(Br)c2)cc1. The standard InChI is InChI=1S/C19H25BrN2O3S/c1-3-22(4-2)12-13-25-18-10-8-16(9-11-18)15-21-26(23,24)19-7-5-6-17(20)14-19/h5-11,14,21H,3-4,12-13,15H2,1-2H3. The molecular formula is C19H25BrN2O3S. The number of nitrogens with one attached hydrogen (secondary N) is 1. The van der Waals surface area contributed by atoms with Crippen LogP contribution in [0.3, 0.4) is 0 Å². The van der Waals surface area contributed by atoms with Gasteiger partial charge in [0.1, 0.15) is 12.4 Å². The molecule has 0 aliphatic carbocycles. The smallest absolute Gasteiger partial charge is 0.240 e. The molecule has 0 unspecified atom stereocenters. The lowest BCUT2D eigenvalue weighted by Crippen LogP contribution is -2.27. The molecule has 2 aromatic rings. The van der Waals surface area contributed by atoms with E-state index in [1.54, 1.807) is 24.3 Å². The topological polar surface area (TPSA) is 58.6 Å². The van der Waals surface area contributed by atoms with Gasteiger partial charge in [-0.15, -0.1) is 0 Å². The number of nitrogens with zero attached hydrogens (tertiary/aromatic N) is 1. The number of hydrogen-bond donors (Lipinski definition) is 1. The molecule has 0 amide bonds. The van der Waals surface area contributed by atoms with Crippen LogP contribution in [0.1, 0.15) is 19.4 Å². The van der Waals surface area contributed by atoms with E-state index in [0.717, 1.165) is 35.4 Å². The number of halogens is 1. The van der Waals surface area contributed by atoms with Gasteiger partial charge in [0.25, 0.3) is 0 Å². The minimum atomic E-state index is -3.54. The molecule has 0 aromatic heterocycles. The Morgan fingerprint density at radius 3 is 2.38 bits per heavy atom. The fraction of sp³-hybridized carbons (Fsp3) is 0.368. The quantitative estimate of drug-likeness (QED) is 0.612. The Labute approximate surface area is 164 Å². The fourth-order valence-corrected chi connectivity index (χ4v) is 4.05. The summed E-state index contributed by atoms with van der Waals surface area (Å²) in [5.41, 5.74) is 0.875. The van der Waals surface area contributed by atoms with Crippen molar-refractivity contribution in [1.29, 1.82) is 0 Å². The van der Waals surface area contributed by atoms with Gasteiger partial charge in [0.05, 0.1) is 4.90 Å². The van der Waals surface area contributed by atoms with Crippen molar-refractivity contribution in [3.63, 3.8) is 0 Å². The molecule has 26 heavy (non-hydrogen) atoms. The molecule has 0 saturated carbocycles. The second-order valence-electron chi connectivity index (χ2n) is 5.80. The summed E-state index contributed by atoms with van der Waals surface area (Å²) < 4.78 is 33.7. The van der Waals surface area contributed by atoms with Crippen LogP contribution in [0.2, 0.25) is 0 Å². The molecule has 0 saturated heterocycles. The van der Waals surface area contributed by atoms with Crippen LogP contribution < -0.4 is 9.46 Å². The maximum atomic E-state index is 12.3. The zero-order chi connectivity index (χ0) is 19.0. The van der Waals surface area contributed by atoms with Gasteiger partial charge in [-0.1, -0.05) is 48.0 Å². The Morgan fingerprint density at radius 2 is 1.77 bits per heavy atom. The Hall–Kier alpha value is -1.41. The lowest BCUT2D eigenvalue weighted by molar-refractivity contribution is 0.223. The van der Waals surface area contributed by atoms with Gasteiger partial charge in [-0.25, -0.2) is 13.1 Å². The van der Waals surface area contributed by atoms with Crippen molar-refractivity contribution >= 4 is 26.0 Å². The normalized spacial score (nSPS) is 11.7. The van der Waals surface area contributed by atoms with E-state index < -0.39 is 10.0 Å². The minimum absolute atomic E-state index is 0.231. The third kappa shape index (κ3) is 6.39. The van der Waals surface area contributed by atoms with E-state index in [0.29, 0.717) is 6.61 Å². The summed E-state index contributed by atoms with van der Waals surface area (Å²) in [5, 5.41) is 0. The average molecular weight is 441 g/mol. The molecule has 2 aromatic carbocycles. The lowest BCUT2D eigenvalue weighted by atomic mass is 10.2. The highest BCUT2D eigenvalue weighted by atomic mass is 79.9. The lowest BCUT2D eigenvalue weighted by Gasteiger charge is -2.18. The van der Waals surface area contributed by atoms with Crippen LogP contribution in [-0.2, 0) is 16.6 Å². The van der Waals surface area contributed by atoms with E-state index in [1.807, 2.05) is 24.3 Å². The molecule has 0 aliphatic heterocycles. The molecular weight excluding hydrogens is 416 g/mol. The van der Waals surface area contributed by atoms with Crippen molar-refractivity contribution in [1.82, 2.24) is 9.62 Å². The van der Waals surface area contributed by atoms with Crippen molar-refractivity contribution in [3.05, 3.63) is 58.6 Å². The highest BCUT2D eigenvalue weighted by Crippen LogP contribution is 2.17. The largest absolute Gasteiger partial charge is 0.492 e. The predicted molar refractivity (Wildman–Crippen MR) is 108 cm³/mol. The molecule has 142 valence electrons. The summed E-state index contributed by atoms with van der Waals surface area (Å²) in [7, 11) is -3.54. The third-order valence-corrected chi connectivity index (χ3v) is 5.96. The van der Waals surface area contributed by atoms with Gasteiger partial charge in [-0.05, 0) is 49.0 Å². The van der Waals surface area contributed by atoms with Crippen molar-refractivity contribution in [2.75, 3.05) is 26.2 Å². The van der Waals surface area contributed by atoms with E-state index in [2.05, 4.69) is 39.4 Å². The molecule has 0 spiro atoms. The first-order chi connectivity index (χ1) is 12.4. The first kappa shape index (κ1) is 20.9. The van der Waals surface area contributed by atoms with Crippen molar-refractivity contribution in [3.8, 4) is 5.75 Å². The van der Waals surface area contributed by atoms with Gasteiger partial charge in [-0.3, -0.25) is 0 Å². The summed E-state index contributed by atoms with van der Waals surface area (Å²) in [6, 6.07) is 14.1. The van der Waals surface area contributed by atoms with Crippen molar-refractivity contribution < 1.29 is 13.2 Å². The average Bonchev–Trinajstić information content (AvgIpc) is 2.65. The Bertz CT molecular complexity index is 791. The second kappa shape index (κ2) is 10.1. The van der Waals surface area contributed by atoms with Crippen molar-refractivity contribution in [2.24, 2.45) is 0 Å². The van der Waals surface area contributed by atoms with E-state index in [1.165, 1.54) is 0 Å². The maximum absolute atomic E-state index is 12.3. The molecule has 2 rings (SSSR count). The Kier molecular flexibility index (Phi) is 8.09. The van der Waals surface area contributed by atoms with Gasteiger partial charge in [0.2, 0.25) is 10.0 Å². The monoisotopic (exact) mass is 440 g/mol. The van der Waals surface area contributed by atoms with E-state index in [4.69, 9.17) is 4.74 Å². The van der Waals surface area contributed by atoms with Gasteiger partial charge in [0, 0.05) is 17.6 Å². The van der Waals surface area contributed by atoms with Gasteiger partial charge in [-0.2, -0.15) is 0 Å². The Morgan fingerprint density at radius 1 is 1.08 bits per heavy atom. The summed E-state index contributed by atoms with van der Waals surface area (Å²) in [5.74, 6) is 0.788. The van der Waals surface area contributed by atoms with Crippen LogP contribution in [0.15, 0.2) is 57.9 Å². The molecule has 5 nitrogen and oxygen atoms in total. The number of hydrogen-bond acceptors (Lipinski definition) is 4. The number of likely N-dealkylation sites (N-methyl/N-ethyl adjacent to an activating group) is 1. The van der Waals surface area contributed by atoms with Gasteiger partial charge >= 0.3 is 0 Å². The third-order valence-electron chi connectivity index (χ3n) is 4.07. The Balaban J connectivity index is 1.87. The van der Waals surface area contributed by atoms with Crippen LogP contribution in [0.5, 0.6) is 5.75 Å². The van der Waals surface area contributed by atoms with Crippen molar-refractivity contribution in [2.45, 2.75) is 25.3 Å². The van der Waals surface area contributed by atoms with E-state index in [-0.39, 0.29) is 11.4 Å². The first-order valence-electron chi connectivity index (χ1n) is 8.64. The van der Waals surface area contributed by atoms with Crippen LogP contribution in [0.25, 0.3) is 0 Å². The van der Waals surface area contributed by atoms with E-state index in [9.17, 15) is 8.42 Å². The summed E-state index contributed by atoms with van der Waals surface area (Å²) >= 11 is 3.29. The number of ether oxygens (including phenoxy) is 1. The molecule has 0 bridgehead atoms. The predicted octanol–water partition coefficient (Wildman–Crippen LogP) is 3.65. The van der Waals surface area contributed by atoms with Crippen LogP contribution in [0.4, 0.5) is 0 Å². The second-order valence-corrected chi connectivity index (χ2v) is 8.48. The molecule has 0 fully saturated rings. The summed E-state index contributed by atoms with van der Waals surface area (Å²) in [6.45, 7) is 8.04. The highest BCUT2D eigenvalue weighted by molar-refractivity contribution is 9.10. The van der Waals surface area contributed by atoms with Gasteiger partial charge < -0.3 is 9.64 Å². The molecule has 0 radical (unpaired) electrons. The molecule has 0 heterocycles. The van der Waals surface area contributed by atoms with Crippen LogP contribution >= 0.6 is 15.9 Å². The minimum Gasteiger partial charge on any atom is -0.492 e. The summed E-state index contributed by atoms with van der Waals surface area (Å²) in [4.78, 5) is 2.54. The molecule has 1 N–H and O–H groups in total. The molecule has 7 heteroatoms. The maximum Gasteiger partial charge on any atom is 0.240 e. The zero-order valence-electron chi connectivity index (χ0n) is 15.1. The molecule has 0 aliphatic rings. The number of rotatable bonds is 10. The number of benzene rings is 2. The van der Waals surface area contributed by atoms with Crippen LogP contribution in [-0.4, -0.2) is 39.6 Å². The van der Waals surface area contributed by atoms with Gasteiger partial charge in [0.15, 0.2) is 0 Å². The molecule has 0 atom stereocenters.